The number of carbonyl (C=O) groups is 3. The van der Waals surface area contributed by atoms with Crippen molar-refractivity contribution in [3.63, 3.8) is 0 Å². The van der Waals surface area contributed by atoms with Gasteiger partial charge >= 0.3 is 0 Å². The molecular formula is C26H27N5O3. The highest BCUT2D eigenvalue weighted by molar-refractivity contribution is 6.05. The number of benzene rings is 2. The van der Waals surface area contributed by atoms with Crippen LogP contribution in [-0.2, 0) is 4.79 Å². The summed E-state index contributed by atoms with van der Waals surface area (Å²) in [6.07, 6.45) is 1.59. The van der Waals surface area contributed by atoms with Crippen LogP contribution < -0.4 is 10.6 Å². The zero-order chi connectivity index (χ0) is 24.1. The monoisotopic (exact) mass is 457 g/mol. The molecule has 2 aromatic carbocycles. The first kappa shape index (κ1) is 23.1. The lowest BCUT2D eigenvalue weighted by Gasteiger charge is -2.32. The molecule has 174 valence electrons. The van der Waals surface area contributed by atoms with E-state index in [9.17, 15) is 14.4 Å². The molecule has 2 N–H and O–H groups in total. The van der Waals surface area contributed by atoms with Gasteiger partial charge in [0.1, 0.15) is 0 Å². The fraction of sp³-hybridized carbons (Fsp3) is 0.231. The minimum Gasteiger partial charge on any atom is -0.336 e. The summed E-state index contributed by atoms with van der Waals surface area (Å²) in [5, 5.41) is 5.54. The smallest absolute Gasteiger partial charge is 0.255 e. The maximum atomic E-state index is 12.8. The van der Waals surface area contributed by atoms with E-state index in [-0.39, 0.29) is 17.7 Å². The van der Waals surface area contributed by atoms with Crippen molar-refractivity contribution in [2.45, 2.75) is 6.92 Å². The third-order valence-electron chi connectivity index (χ3n) is 5.70. The van der Waals surface area contributed by atoms with Crippen molar-refractivity contribution in [2.75, 3.05) is 43.9 Å². The van der Waals surface area contributed by atoms with Crippen LogP contribution in [0.25, 0.3) is 11.3 Å². The van der Waals surface area contributed by atoms with Gasteiger partial charge in [-0.2, -0.15) is 0 Å². The summed E-state index contributed by atoms with van der Waals surface area (Å²) in [6.45, 7) is 4.65. The Bertz CT molecular complexity index is 1180. The molecule has 0 saturated carbocycles. The number of piperazine rings is 1. The molecule has 1 aliphatic heterocycles. The van der Waals surface area contributed by atoms with Gasteiger partial charge in [0.05, 0.1) is 5.69 Å². The van der Waals surface area contributed by atoms with Gasteiger partial charge in [0.2, 0.25) is 5.91 Å². The van der Waals surface area contributed by atoms with E-state index in [1.807, 2.05) is 17.0 Å². The topological polar surface area (TPSA) is 94.6 Å². The summed E-state index contributed by atoms with van der Waals surface area (Å²) < 4.78 is 0. The highest BCUT2D eigenvalue weighted by Gasteiger charge is 2.20. The van der Waals surface area contributed by atoms with E-state index in [4.69, 9.17) is 0 Å². The molecule has 1 aliphatic rings. The van der Waals surface area contributed by atoms with E-state index >= 15 is 0 Å². The Morgan fingerprint density at radius 3 is 2.03 bits per heavy atom. The van der Waals surface area contributed by atoms with Gasteiger partial charge in [-0.3, -0.25) is 19.4 Å². The van der Waals surface area contributed by atoms with Crippen molar-refractivity contribution in [1.29, 1.82) is 0 Å². The number of nitrogens with zero attached hydrogens (tertiary/aromatic N) is 3. The van der Waals surface area contributed by atoms with Crippen molar-refractivity contribution >= 4 is 29.1 Å². The van der Waals surface area contributed by atoms with Gasteiger partial charge in [-0.25, -0.2) is 0 Å². The van der Waals surface area contributed by atoms with E-state index in [1.165, 1.54) is 6.92 Å². The molecule has 3 amide bonds. The second-order valence-electron chi connectivity index (χ2n) is 8.32. The summed E-state index contributed by atoms with van der Waals surface area (Å²) in [5.74, 6) is -0.388. The maximum Gasteiger partial charge on any atom is 0.255 e. The molecule has 1 aromatic heterocycles. The Morgan fingerprint density at radius 1 is 0.794 bits per heavy atom. The molecule has 0 aliphatic carbocycles. The van der Waals surface area contributed by atoms with Crippen LogP contribution in [0, 0.1) is 0 Å². The summed E-state index contributed by atoms with van der Waals surface area (Å²) in [6, 6.07) is 17.6. The Morgan fingerprint density at radius 2 is 1.41 bits per heavy atom. The molecule has 0 bridgehead atoms. The third kappa shape index (κ3) is 5.65. The second-order valence-corrected chi connectivity index (χ2v) is 8.32. The third-order valence-corrected chi connectivity index (χ3v) is 5.70. The Balaban J connectivity index is 1.43. The van der Waals surface area contributed by atoms with Crippen LogP contribution in [-0.4, -0.2) is 65.7 Å². The lowest BCUT2D eigenvalue weighted by atomic mass is 10.1. The van der Waals surface area contributed by atoms with Gasteiger partial charge in [0.25, 0.3) is 11.8 Å². The number of carbonyl (C=O) groups excluding carboxylic acids is 3. The van der Waals surface area contributed by atoms with Crippen molar-refractivity contribution in [3.8, 4) is 11.3 Å². The molecule has 0 atom stereocenters. The van der Waals surface area contributed by atoms with Gasteiger partial charge < -0.3 is 20.4 Å². The molecule has 0 radical (unpaired) electrons. The Labute approximate surface area is 198 Å². The molecular weight excluding hydrogens is 430 g/mol. The average molecular weight is 458 g/mol. The quantitative estimate of drug-likeness (QED) is 0.613. The molecule has 1 fully saturated rings. The number of hydrogen-bond acceptors (Lipinski definition) is 5. The highest BCUT2D eigenvalue weighted by Crippen LogP contribution is 2.21. The number of aromatic nitrogens is 1. The Hall–Kier alpha value is -4.04. The second kappa shape index (κ2) is 10.3. The number of amides is 3. The predicted molar refractivity (Wildman–Crippen MR) is 132 cm³/mol. The van der Waals surface area contributed by atoms with Crippen LogP contribution in [0.1, 0.15) is 27.6 Å². The van der Waals surface area contributed by atoms with Gasteiger partial charge in [-0.1, -0.05) is 12.1 Å². The summed E-state index contributed by atoms with van der Waals surface area (Å²) in [4.78, 5) is 45.1. The first-order valence-electron chi connectivity index (χ1n) is 11.1. The van der Waals surface area contributed by atoms with Gasteiger partial charge in [0.15, 0.2) is 0 Å². The van der Waals surface area contributed by atoms with Crippen LogP contribution in [0.3, 0.4) is 0 Å². The minimum absolute atomic E-state index is 0.0326. The fourth-order valence-electron chi connectivity index (χ4n) is 3.75. The summed E-state index contributed by atoms with van der Waals surface area (Å²) in [7, 11) is 2.06. The fourth-order valence-corrected chi connectivity index (χ4v) is 3.75. The van der Waals surface area contributed by atoms with Gasteiger partial charge in [-0.15, -0.1) is 0 Å². The molecule has 34 heavy (non-hydrogen) atoms. The van der Waals surface area contributed by atoms with E-state index in [0.29, 0.717) is 28.2 Å². The standard InChI is InChI=1S/C26H27N5O3/c1-18(32)28-22-7-9-23(10-8-22)29-25(33)21-11-12-27-24(17-21)19-3-5-20(6-4-19)26(34)31-15-13-30(2)14-16-31/h3-12,17H,13-16H2,1-2H3,(H,28,32)(H,29,33). The number of pyridine rings is 1. The number of rotatable bonds is 5. The van der Waals surface area contributed by atoms with Gasteiger partial charge in [-0.05, 0) is 55.6 Å². The SMILES string of the molecule is CC(=O)Nc1ccc(NC(=O)c2ccnc(-c3ccc(C(=O)N4CCN(C)CC4)cc3)c2)cc1. The number of anilines is 2. The lowest BCUT2D eigenvalue weighted by Crippen LogP contribution is -2.47. The predicted octanol–water partition coefficient (Wildman–Crippen LogP) is 3.35. The molecule has 4 rings (SSSR count). The number of likely N-dealkylation sites (N-methyl/N-ethyl adjacent to an activating group) is 1. The molecule has 1 saturated heterocycles. The molecule has 8 heteroatoms. The first-order valence-corrected chi connectivity index (χ1v) is 11.1. The van der Waals surface area contributed by atoms with Crippen molar-refractivity contribution in [1.82, 2.24) is 14.8 Å². The van der Waals surface area contributed by atoms with E-state index in [2.05, 4.69) is 27.6 Å². The average Bonchev–Trinajstić information content (AvgIpc) is 2.85. The largest absolute Gasteiger partial charge is 0.336 e. The van der Waals surface area contributed by atoms with Crippen LogP contribution in [0.15, 0.2) is 66.9 Å². The highest BCUT2D eigenvalue weighted by atomic mass is 16.2. The molecule has 2 heterocycles. The molecule has 0 unspecified atom stereocenters. The number of nitrogens with one attached hydrogen (secondary N) is 2. The normalized spacial score (nSPS) is 13.9. The van der Waals surface area contributed by atoms with Crippen molar-refractivity contribution < 1.29 is 14.4 Å². The van der Waals surface area contributed by atoms with Crippen LogP contribution in [0.4, 0.5) is 11.4 Å². The van der Waals surface area contributed by atoms with Crippen LogP contribution in [0.5, 0.6) is 0 Å². The van der Waals surface area contributed by atoms with E-state index < -0.39 is 0 Å². The Kier molecular flexibility index (Phi) is 6.98. The molecule has 0 spiro atoms. The first-order chi connectivity index (χ1) is 16.4. The van der Waals surface area contributed by atoms with Crippen LogP contribution >= 0.6 is 0 Å². The maximum absolute atomic E-state index is 12.8. The zero-order valence-corrected chi connectivity index (χ0v) is 19.2. The van der Waals surface area contributed by atoms with Gasteiger partial charge in [0, 0.05) is 67.4 Å². The number of hydrogen-bond donors (Lipinski definition) is 2. The lowest BCUT2D eigenvalue weighted by molar-refractivity contribution is -0.114. The van der Waals surface area contributed by atoms with E-state index in [0.717, 1.165) is 31.7 Å². The van der Waals surface area contributed by atoms with Crippen LogP contribution in [0.2, 0.25) is 0 Å². The molecule has 3 aromatic rings. The van der Waals surface area contributed by atoms with Crippen molar-refractivity contribution in [3.05, 3.63) is 78.0 Å². The van der Waals surface area contributed by atoms with E-state index in [1.54, 1.807) is 54.7 Å². The summed E-state index contributed by atoms with van der Waals surface area (Å²) >= 11 is 0. The van der Waals surface area contributed by atoms with Crippen molar-refractivity contribution in [2.24, 2.45) is 0 Å². The molecule has 8 nitrogen and oxygen atoms in total. The summed E-state index contributed by atoms with van der Waals surface area (Å²) in [5.41, 5.74) is 3.85. The minimum atomic E-state index is -0.266. The zero-order valence-electron chi connectivity index (χ0n) is 19.2.